The maximum absolute atomic E-state index is 12.5. The van der Waals surface area contributed by atoms with Gasteiger partial charge >= 0.3 is 0 Å². The van der Waals surface area contributed by atoms with Crippen LogP contribution in [0.3, 0.4) is 0 Å². The molecule has 0 fully saturated rings. The number of carbonyl (C=O) groups is 1. The molecule has 1 amide bonds. The van der Waals surface area contributed by atoms with Crippen LogP contribution in [-0.2, 0) is 21.2 Å². The lowest BCUT2D eigenvalue weighted by atomic mass is 10.1. The van der Waals surface area contributed by atoms with Crippen LogP contribution in [0.2, 0.25) is 0 Å². The summed E-state index contributed by atoms with van der Waals surface area (Å²) in [5.41, 5.74) is 3.67. The van der Waals surface area contributed by atoms with Gasteiger partial charge in [-0.1, -0.05) is 48.5 Å². The molecule has 1 heterocycles. The number of amides is 1. The molecule has 3 aromatic carbocycles. The molecule has 0 saturated carbocycles. The molecular formula is C27H27N3O3S. The van der Waals surface area contributed by atoms with Gasteiger partial charge in [0.15, 0.2) is 0 Å². The first-order valence-electron chi connectivity index (χ1n) is 11.1. The van der Waals surface area contributed by atoms with Crippen LogP contribution >= 0.6 is 0 Å². The largest absolute Gasteiger partial charge is 0.326 e. The number of carbonyl (C=O) groups excluding carboxylic acids is 1. The maximum atomic E-state index is 12.5. The first-order chi connectivity index (χ1) is 16.4. The summed E-state index contributed by atoms with van der Waals surface area (Å²) in [6, 6.07) is 25.0. The second kappa shape index (κ2) is 10.5. The van der Waals surface area contributed by atoms with Crippen LogP contribution in [0.5, 0.6) is 0 Å². The van der Waals surface area contributed by atoms with Crippen molar-refractivity contribution in [2.75, 3.05) is 22.4 Å². The summed E-state index contributed by atoms with van der Waals surface area (Å²) in [4.78, 5) is 16.5. The molecule has 4 aromatic rings. The molecule has 0 bridgehead atoms. The Hall–Kier alpha value is -3.71. The van der Waals surface area contributed by atoms with Crippen molar-refractivity contribution in [1.82, 2.24) is 4.98 Å². The number of anilines is 2. The highest BCUT2D eigenvalue weighted by Crippen LogP contribution is 2.28. The first kappa shape index (κ1) is 23.4. The molecule has 7 heteroatoms. The van der Waals surface area contributed by atoms with Gasteiger partial charge in [0.25, 0.3) is 0 Å². The van der Waals surface area contributed by atoms with E-state index >= 15 is 0 Å². The number of hydrogen-bond donors (Lipinski definition) is 1. The van der Waals surface area contributed by atoms with Crippen molar-refractivity contribution in [3.8, 4) is 0 Å². The Labute approximate surface area is 200 Å². The zero-order valence-corrected chi connectivity index (χ0v) is 19.8. The number of sulfonamides is 1. The molecule has 0 saturated heterocycles. The molecule has 0 aliphatic rings. The standard InChI is InChI=1S/C27H27N3O3S/c1-34(32,33)30(26-9-4-7-23-6-2-3-8-25(23)26)19-5-10-27(31)29-24-13-11-21(12-14-24)20-22-15-17-28-18-16-22/h2-4,6-9,11-18H,5,10,19-20H2,1H3,(H,29,31). The first-order valence-corrected chi connectivity index (χ1v) is 13.0. The van der Waals surface area contributed by atoms with E-state index in [9.17, 15) is 13.2 Å². The van der Waals surface area contributed by atoms with E-state index in [4.69, 9.17) is 0 Å². The zero-order chi connectivity index (χ0) is 24.0. The fourth-order valence-corrected chi connectivity index (χ4v) is 4.92. The molecule has 0 radical (unpaired) electrons. The quantitative estimate of drug-likeness (QED) is 0.371. The van der Waals surface area contributed by atoms with Crippen molar-refractivity contribution < 1.29 is 13.2 Å². The number of hydrogen-bond acceptors (Lipinski definition) is 4. The maximum Gasteiger partial charge on any atom is 0.232 e. The van der Waals surface area contributed by atoms with Gasteiger partial charge in [0.05, 0.1) is 11.9 Å². The third kappa shape index (κ3) is 5.99. The lowest BCUT2D eigenvalue weighted by Crippen LogP contribution is -2.31. The van der Waals surface area contributed by atoms with Gasteiger partial charge in [-0.25, -0.2) is 8.42 Å². The third-order valence-electron chi connectivity index (χ3n) is 5.60. The van der Waals surface area contributed by atoms with Crippen LogP contribution in [0.1, 0.15) is 24.0 Å². The Morgan fingerprint density at radius 1 is 0.882 bits per heavy atom. The van der Waals surface area contributed by atoms with Crippen LogP contribution in [0.4, 0.5) is 11.4 Å². The van der Waals surface area contributed by atoms with E-state index in [2.05, 4.69) is 10.3 Å². The lowest BCUT2D eigenvalue weighted by Gasteiger charge is -2.24. The minimum atomic E-state index is -3.50. The van der Waals surface area contributed by atoms with Gasteiger partial charge in [-0.3, -0.25) is 14.1 Å². The molecular weight excluding hydrogens is 446 g/mol. The SMILES string of the molecule is CS(=O)(=O)N(CCCC(=O)Nc1ccc(Cc2ccncc2)cc1)c1cccc2ccccc12. The number of fused-ring (bicyclic) bond motifs is 1. The Balaban J connectivity index is 1.35. The summed E-state index contributed by atoms with van der Waals surface area (Å²) in [6.07, 6.45) is 6.16. The van der Waals surface area contributed by atoms with Gasteiger partial charge in [0.1, 0.15) is 0 Å². The Kier molecular flexibility index (Phi) is 7.23. The van der Waals surface area contributed by atoms with Gasteiger partial charge in [-0.05, 0) is 59.7 Å². The summed E-state index contributed by atoms with van der Waals surface area (Å²) in [6.45, 7) is 0.227. The highest BCUT2D eigenvalue weighted by molar-refractivity contribution is 7.92. The van der Waals surface area contributed by atoms with Gasteiger partial charge in [0, 0.05) is 36.4 Å². The smallest absolute Gasteiger partial charge is 0.232 e. The predicted octanol–water partition coefficient (Wildman–Crippen LogP) is 5.01. The minimum absolute atomic E-state index is 0.145. The summed E-state index contributed by atoms with van der Waals surface area (Å²) < 4.78 is 26.4. The van der Waals surface area contributed by atoms with Crippen molar-refractivity contribution in [2.24, 2.45) is 0 Å². The van der Waals surface area contributed by atoms with Crippen LogP contribution in [0.15, 0.2) is 91.3 Å². The molecule has 1 aromatic heterocycles. The number of benzene rings is 3. The third-order valence-corrected chi connectivity index (χ3v) is 6.78. The average Bonchev–Trinajstić information content (AvgIpc) is 2.83. The molecule has 0 atom stereocenters. The van der Waals surface area contributed by atoms with E-state index in [1.54, 1.807) is 18.5 Å². The van der Waals surface area contributed by atoms with Crippen LogP contribution in [0.25, 0.3) is 10.8 Å². The van der Waals surface area contributed by atoms with Gasteiger partial charge in [0.2, 0.25) is 15.9 Å². The molecule has 34 heavy (non-hydrogen) atoms. The van der Waals surface area contributed by atoms with Gasteiger partial charge in [-0.15, -0.1) is 0 Å². The van der Waals surface area contributed by atoms with E-state index in [0.29, 0.717) is 12.1 Å². The molecule has 0 spiro atoms. The van der Waals surface area contributed by atoms with Crippen molar-refractivity contribution >= 4 is 38.1 Å². The zero-order valence-electron chi connectivity index (χ0n) is 19.0. The Bertz CT molecular complexity index is 1370. The van der Waals surface area contributed by atoms with E-state index in [0.717, 1.165) is 28.4 Å². The van der Waals surface area contributed by atoms with Crippen molar-refractivity contribution in [3.63, 3.8) is 0 Å². The fourth-order valence-electron chi connectivity index (χ4n) is 3.94. The van der Waals surface area contributed by atoms with Crippen molar-refractivity contribution in [2.45, 2.75) is 19.3 Å². The Morgan fingerprint density at radius 3 is 2.29 bits per heavy atom. The number of aromatic nitrogens is 1. The second-order valence-electron chi connectivity index (χ2n) is 8.21. The Morgan fingerprint density at radius 2 is 1.56 bits per heavy atom. The highest BCUT2D eigenvalue weighted by Gasteiger charge is 2.19. The molecule has 0 aliphatic carbocycles. The second-order valence-corrected chi connectivity index (χ2v) is 10.1. The summed E-state index contributed by atoms with van der Waals surface area (Å²) in [7, 11) is -3.50. The van der Waals surface area contributed by atoms with Gasteiger partial charge < -0.3 is 5.32 Å². The number of nitrogens with one attached hydrogen (secondary N) is 1. The number of pyridine rings is 1. The molecule has 174 valence electrons. The van der Waals surface area contributed by atoms with E-state index < -0.39 is 10.0 Å². The minimum Gasteiger partial charge on any atom is -0.326 e. The predicted molar refractivity (Wildman–Crippen MR) is 137 cm³/mol. The van der Waals surface area contributed by atoms with E-state index in [-0.39, 0.29) is 18.9 Å². The monoisotopic (exact) mass is 473 g/mol. The lowest BCUT2D eigenvalue weighted by molar-refractivity contribution is -0.116. The molecule has 0 unspecified atom stereocenters. The van der Waals surface area contributed by atoms with E-state index in [1.165, 1.54) is 16.1 Å². The van der Waals surface area contributed by atoms with Crippen LogP contribution in [-0.4, -0.2) is 32.1 Å². The summed E-state index contributed by atoms with van der Waals surface area (Å²) in [5, 5.41) is 4.74. The molecule has 6 nitrogen and oxygen atoms in total. The fraction of sp³-hybridized carbons (Fsp3) is 0.185. The molecule has 0 aliphatic heterocycles. The summed E-state index contributed by atoms with van der Waals surface area (Å²) in [5.74, 6) is -0.145. The van der Waals surface area contributed by atoms with Crippen LogP contribution < -0.4 is 9.62 Å². The molecule has 4 rings (SSSR count). The normalized spacial score (nSPS) is 11.3. The van der Waals surface area contributed by atoms with Gasteiger partial charge in [-0.2, -0.15) is 0 Å². The topological polar surface area (TPSA) is 79.4 Å². The highest BCUT2D eigenvalue weighted by atomic mass is 32.2. The van der Waals surface area contributed by atoms with E-state index in [1.807, 2.05) is 72.8 Å². The summed E-state index contributed by atoms with van der Waals surface area (Å²) >= 11 is 0. The number of rotatable bonds is 9. The average molecular weight is 474 g/mol. The number of nitrogens with zero attached hydrogens (tertiary/aromatic N) is 2. The van der Waals surface area contributed by atoms with Crippen molar-refractivity contribution in [1.29, 1.82) is 0 Å². The molecule has 1 N–H and O–H groups in total. The van der Waals surface area contributed by atoms with Crippen molar-refractivity contribution in [3.05, 3.63) is 102 Å². The van der Waals surface area contributed by atoms with Crippen LogP contribution in [0, 0.1) is 0 Å².